The van der Waals surface area contributed by atoms with E-state index in [1.54, 1.807) is 6.07 Å². The Morgan fingerprint density at radius 3 is 2.56 bits per heavy atom. The Balaban J connectivity index is 1.52. The van der Waals surface area contributed by atoms with E-state index in [0.717, 1.165) is 34.2 Å². The van der Waals surface area contributed by atoms with Gasteiger partial charge in [-0.1, -0.05) is 12.1 Å². The van der Waals surface area contributed by atoms with Crippen LogP contribution >= 0.6 is 0 Å². The van der Waals surface area contributed by atoms with Crippen molar-refractivity contribution in [2.75, 3.05) is 19.8 Å². The van der Waals surface area contributed by atoms with E-state index < -0.39 is 11.5 Å². The van der Waals surface area contributed by atoms with Gasteiger partial charge in [0.15, 0.2) is 5.54 Å². The van der Waals surface area contributed by atoms with Gasteiger partial charge in [0.25, 0.3) is 6.02 Å². The van der Waals surface area contributed by atoms with Gasteiger partial charge < -0.3 is 19.9 Å². The van der Waals surface area contributed by atoms with Gasteiger partial charge in [-0.2, -0.15) is 4.39 Å². The normalized spacial score (nSPS) is 21.2. The summed E-state index contributed by atoms with van der Waals surface area (Å²) in [5, 5.41) is 0. The lowest BCUT2D eigenvalue weighted by Gasteiger charge is -2.33. The van der Waals surface area contributed by atoms with Crippen LogP contribution in [0.2, 0.25) is 0 Å². The molecule has 0 saturated carbocycles. The number of aromatic nitrogens is 2. The van der Waals surface area contributed by atoms with Gasteiger partial charge in [0.2, 0.25) is 11.8 Å². The van der Waals surface area contributed by atoms with Crippen molar-refractivity contribution >= 4 is 11.6 Å². The third-order valence-corrected chi connectivity index (χ3v) is 6.05. The van der Waals surface area contributed by atoms with Crippen LogP contribution in [-0.4, -0.2) is 35.8 Å². The molecule has 3 aliphatic heterocycles. The van der Waals surface area contributed by atoms with Crippen molar-refractivity contribution < 1.29 is 18.6 Å². The summed E-state index contributed by atoms with van der Waals surface area (Å²) in [6.07, 6.45) is 6.20. The van der Waals surface area contributed by atoms with Crippen LogP contribution in [0.25, 0.3) is 16.7 Å². The highest BCUT2D eigenvalue weighted by Crippen LogP contribution is 2.51. The summed E-state index contributed by atoms with van der Waals surface area (Å²) in [6, 6.07) is 10.9. The Kier molecular flexibility index (Phi) is 4.22. The third kappa shape index (κ3) is 2.95. The van der Waals surface area contributed by atoms with Gasteiger partial charge in [0.1, 0.15) is 12.4 Å². The second-order valence-corrected chi connectivity index (χ2v) is 7.91. The minimum absolute atomic E-state index is 0.119. The number of nitrogens with two attached hydrogens (primary N) is 1. The molecular formula is C24H19FN4O3. The first-order valence-electron chi connectivity index (χ1n) is 10.3. The Morgan fingerprint density at radius 2 is 1.81 bits per heavy atom. The topological polar surface area (TPSA) is 91.9 Å². The molecule has 2 aromatic heterocycles. The van der Waals surface area contributed by atoms with Gasteiger partial charge in [-0.25, -0.2) is 15.0 Å². The molecule has 1 atom stereocenters. The molecule has 0 fully saturated rings. The van der Waals surface area contributed by atoms with E-state index in [1.807, 2.05) is 24.4 Å². The van der Waals surface area contributed by atoms with Crippen LogP contribution in [0.1, 0.15) is 23.1 Å². The van der Waals surface area contributed by atoms with E-state index >= 15 is 0 Å². The number of fused-ring (bicyclic) bond motifs is 4. The maximum absolute atomic E-state index is 13.3. The minimum atomic E-state index is -0.884. The molecule has 6 rings (SSSR count). The number of rotatable bonds is 2. The van der Waals surface area contributed by atoms with Crippen LogP contribution in [0.5, 0.6) is 11.6 Å². The van der Waals surface area contributed by atoms with Crippen LogP contribution in [0.3, 0.4) is 0 Å². The maximum Gasteiger partial charge on any atom is 0.283 e. The summed E-state index contributed by atoms with van der Waals surface area (Å²) in [7, 11) is 0. The monoisotopic (exact) mass is 430 g/mol. The fraction of sp³-hybridized carbons (Fsp3) is 0.208. The van der Waals surface area contributed by atoms with Crippen molar-refractivity contribution in [2.24, 2.45) is 10.7 Å². The van der Waals surface area contributed by atoms with Crippen molar-refractivity contribution in [2.45, 2.75) is 12.0 Å². The molecule has 7 nitrogen and oxygen atoms in total. The van der Waals surface area contributed by atoms with E-state index in [9.17, 15) is 4.39 Å². The molecule has 3 aliphatic rings. The zero-order valence-corrected chi connectivity index (χ0v) is 17.0. The number of nitrogens with zero attached hydrogens (tertiary/aromatic N) is 3. The summed E-state index contributed by atoms with van der Waals surface area (Å²) in [6.45, 7) is 1.50. The quantitative estimate of drug-likeness (QED) is 0.622. The van der Waals surface area contributed by atoms with E-state index in [2.05, 4.69) is 22.1 Å². The summed E-state index contributed by atoms with van der Waals surface area (Å²) < 4.78 is 30.6. The Labute approximate surface area is 183 Å². The Morgan fingerprint density at radius 1 is 0.969 bits per heavy atom. The van der Waals surface area contributed by atoms with Gasteiger partial charge in [0, 0.05) is 23.5 Å². The highest BCUT2D eigenvalue weighted by atomic mass is 19.1. The van der Waals surface area contributed by atoms with Crippen LogP contribution in [0, 0.1) is 5.95 Å². The first-order chi connectivity index (χ1) is 15.6. The number of halogens is 1. The molecule has 32 heavy (non-hydrogen) atoms. The molecule has 1 aromatic carbocycles. The average molecular weight is 430 g/mol. The number of hydrogen-bond donors (Lipinski definition) is 1. The largest absolute Gasteiger partial charge is 0.462 e. The maximum atomic E-state index is 13.3. The first kappa shape index (κ1) is 18.9. The van der Waals surface area contributed by atoms with Crippen molar-refractivity contribution in [3.05, 3.63) is 77.5 Å². The minimum Gasteiger partial charge on any atom is -0.462 e. The van der Waals surface area contributed by atoms with Gasteiger partial charge >= 0.3 is 0 Å². The number of amidine groups is 1. The Bertz CT molecular complexity index is 1290. The molecule has 0 aliphatic carbocycles. The van der Waals surface area contributed by atoms with Crippen molar-refractivity contribution in [1.29, 1.82) is 0 Å². The second kappa shape index (κ2) is 7.13. The average Bonchev–Trinajstić information content (AvgIpc) is 3.22. The van der Waals surface area contributed by atoms with Crippen molar-refractivity contribution in [3.8, 4) is 22.8 Å². The Hall–Kier alpha value is -3.78. The standard InChI is InChI=1S/C24H19FN4O3/c25-21-4-2-16(11-27-21)15-1-3-20-18(9-15)24(13-31-23(26)29-24)19-10-17(12-28-22(19)32-20)14-5-7-30-8-6-14/h1-5,9-12H,6-8,13H2,(H2,26,29)/t24-/m1/s1. The molecule has 0 radical (unpaired) electrons. The van der Waals surface area contributed by atoms with Gasteiger partial charge in [-0.05, 0) is 53.5 Å². The number of ether oxygens (including phenoxy) is 3. The van der Waals surface area contributed by atoms with E-state index in [1.165, 1.54) is 17.8 Å². The summed E-state index contributed by atoms with van der Waals surface area (Å²) in [5.41, 5.74) is 10.5. The lowest BCUT2D eigenvalue weighted by atomic mass is 9.80. The molecule has 0 unspecified atom stereocenters. The van der Waals surface area contributed by atoms with Crippen LogP contribution < -0.4 is 10.5 Å². The van der Waals surface area contributed by atoms with Crippen molar-refractivity contribution in [3.63, 3.8) is 0 Å². The SMILES string of the molecule is NC1=N[C@]2(CO1)c1cc(-c3ccc(F)nc3)ccc1Oc1ncc(C3=CCOCC3)cc12. The zero-order valence-electron chi connectivity index (χ0n) is 17.0. The fourth-order valence-corrected chi connectivity index (χ4v) is 4.42. The molecule has 0 amide bonds. The third-order valence-electron chi connectivity index (χ3n) is 6.05. The van der Waals surface area contributed by atoms with Crippen molar-refractivity contribution in [1.82, 2.24) is 9.97 Å². The highest BCUT2D eigenvalue weighted by Gasteiger charge is 2.48. The van der Waals surface area contributed by atoms with E-state index in [0.29, 0.717) is 24.8 Å². The molecular weight excluding hydrogens is 411 g/mol. The van der Waals surface area contributed by atoms with Gasteiger partial charge in [-0.15, -0.1) is 0 Å². The molecule has 5 heterocycles. The summed E-state index contributed by atoms with van der Waals surface area (Å²) >= 11 is 0. The molecule has 8 heteroatoms. The second-order valence-electron chi connectivity index (χ2n) is 7.91. The highest BCUT2D eigenvalue weighted by molar-refractivity contribution is 5.78. The number of aliphatic imine (C=N–C) groups is 1. The number of pyridine rings is 2. The molecule has 2 N–H and O–H groups in total. The molecule has 0 saturated heterocycles. The lowest BCUT2D eigenvalue weighted by molar-refractivity contribution is 0.161. The molecule has 1 spiro atoms. The summed E-state index contributed by atoms with van der Waals surface area (Å²) in [5.74, 6) is 0.582. The van der Waals surface area contributed by atoms with Crippen LogP contribution in [0.15, 0.2) is 59.9 Å². The number of hydrogen-bond acceptors (Lipinski definition) is 7. The molecule has 0 bridgehead atoms. The van der Waals surface area contributed by atoms with Crippen LogP contribution in [0.4, 0.5) is 4.39 Å². The molecule has 3 aromatic rings. The molecule has 160 valence electrons. The van der Waals surface area contributed by atoms with Crippen LogP contribution in [-0.2, 0) is 15.0 Å². The summed E-state index contributed by atoms with van der Waals surface area (Å²) in [4.78, 5) is 13.1. The predicted molar refractivity (Wildman–Crippen MR) is 116 cm³/mol. The zero-order chi connectivity index (χ0) is 21.7. The lowest BCUT2D eigenvalue weighted by Crippen LogP contribution is -2.31. The number of benzene rings is 1. The van der Waals surface area contributed by atoms with Gasteiger partial charge in [-0.3, -0.25) is 0 Å². The van der Waals surface area contributed by atoms with Gasteiger partial charge in [0.05, 0.1) is 18.8 Å². The fourth-order valence-electron chi connectivity index (χ4n) is 4.42. The van der Waals surface area contributed by atoms with E-state index in [4.69, 9.17) is 24.9 Å². The van der Waals surface area contributed by atoms with E-state index in [-0.39, 0.29) is 12.6 Å². The predicted octanol–water partition coefficient (Wildman–Crippen LogP) is 3.78. The smallest absolute Gasteiger partial charge is 0.283 e. The first-order valence-corrected chi connectivity index (χ1v) is 10.3.